The number of nitrogens with one attached hydrogen (secondary N) is 1. The van der Waals surface area contributed by atoms with Crippen molar-refractivity contribution in [1.29, 1.82) is 0 Å². The van der Waals surface area contributed by atoms with Crippen LogP contribution in [-0.4, -0.2) is 59.9 Å². The van der Waals surface area contributed by atoms with E-state index in [4.69, 9.17) is 9.26 Å². The van der Waals surface area contributed by atoms with Crippen LogP contribution in [0.4, 0.5) is 10.2 Å². The molecular weight excluding hydrogens is 421 g/mol. The number of nitrogens with zero attached hydrogens (tertiary/aromatic N) is 4. The van der Waals surface area contributed by atoms with Gasteiger partial charge in [-0.3, -0.25) is 4.90 Å². The monoisotopic (exact) mass is 451 g/mol. The summed E-state index contributed by atoms with van der Waals surface area (Å²) in [4.78, 5) is 9.47. The van der Waals surface area contributed by atoms with Crippen LogP contribution < -0.4 is 15.0 Å². The Kier molecular flexibility index (Phi) is 5.63. The summed E-state index contributed by atoms with van der Waals surface area (Å²) in [6, 6.07) is 11.8. The van der Waals surface area contributed by atoms with Gasteiger partial charge in [-0.05, 0) is 49.9 Å². The molecule has 33 heavy (non-hydrogen) atoms. The van der Waals surface area contributed by atoms with Crippen molar-refractivity contribution in [2.45, 2.75) is 44.3 Å². The van der Waals surface area contributed by atoms with Gasteiger partial charge in [-0.25, -0.2) is 9.37 Å². The summed E-state index contributed by atoms with van der Waals surface area (Å²) in [6.45, 7) is 5.27. The van der Waals surface area contributed by atoms with Gasteiger partial charge in [-0.15, -0.1) is 0 Å². The van der Waals surface area contributed by atoms with E-state index in [0.29, 0.717) is 30.2 Å². The molecule has 0 radical (unpaired) electrons. The molecule has 3 aliphatic rings. The van der Waals surface area contributed by atoms with Gasteiger partial charge in [0.15, 0.2) is 11.4 Å². The molecule has 174 valence electrons. The lowest BCUT2D eigenvalue weighted by Gasteiger charge is -2.46. The first-order valence-electron chi connectivity index (χ1n) is 12.1. The van der Waals surface area contributed by atoms with Gasteiger partial charge in [-0.2, -0.15) is 0 Å². The number of ether oxygens (including phenoxy) is 1. The SMILES string of the molecule is Fc1ccc2onc(N3CCN4C[C@@H](COc5cccc(CNC6CC6)n5)CC[C@H]4C3)c2c1. The highest BCUT2D eigenvalue weighted by Crippen LogP contribution is 2.31. The minimum absolute atomic E-state index is 0.259. The maximum atomic E-state index is 13.7. The summed E-state index contributed by atoms with van der Waals surface area (Å²) < 4.78 is 25.3. The van der Waals surface area contributed by atoms with Crippen LogP contribution in [0.25, 0.3) is 11.0 Å². The van der Waals surface area contributed by atoms with Gasteiger partial charge in [0.25, 0.3) is 0 Å². The summed E-state index contributed by atoms with van der Waals surface area (Å²) in [5.74, 6) is 1.73. The molecule has 4 heterocycles. The molecule has 2 aliphatic heterocycles. The first kappa shape index (κ1) is 20.9. The predicted molar refractivity (Wildman–Crippen MR) is 124 cm³/mol. The molecule has 0 spiro atoms. The molecule has 1 aromatic carbocycles. The van der Waals surface area contributed by atoms with Crippen molar-refractivity contribution < 1.29 is 13.7 Å². The zero-order valence-electron chi connectivity index (χ0n) is 18.8. The molecule has 2 atom stereocenters. The Morgan fingerprint density at radius 3 is 2.94 bits per heavy atom. The summed E-state index contributed by atoms with van der Waals surface area (Å²) >= 11 is 0. The number of halogens is 1. The first-order chi connectivity index (χ1) is 16.2. The van der Waals surface area contributed by atoms with E-state index in [1.807, 2.05) is 12.1 Å². The van der Waals surface area contributed by atoms with Gasteiger partial charge in [0.05, 0.1) is 17.7 Å². The maximum Gasteiger partial charge on any atom is 0.213 e. The molecule has 6 rings (SSSR count). The van der Waals surface area contributed by atoms with Crippen molar-refractivity contribution in [3.05, 3.63) is 47.9 Å². The van der Waals surface area contributed by atoms with Gasteiger partial charge < -0.3 is 19.5 Å². The Balaban J connectivity index is 1.03. The van der Waals surface area contributed by atoms with Crippen LogP contribution in [0.2, 0.25) is 0 Å². The normalized spacial score (nSPS) is 23.6. The highest BCUT2D eigenvalue weighted by Gasteiger charge is 2.34. The molecule has 2 saturated heterocycles. The number of fused-ring (bicyclic) bond motifs is 2. The molecule has 0 bridgehead atoms. The zero-order chi connectivity index (χ0) is 22.2. The van der Waals surface area contributed by atoms with Crippen LogP contribution in [-0.2, 0) is 6.54 Å². The van der Waals surface area contributed by atoms with E-state index in [0.717, 1.165) is 68.3 Å². The van der Waals surface area contributed by atoms with Crippen LogP contribution in [0.1, 0.15) is 31.4 Å². The number of benzene rings is 1. The molecule has 1 saturated carbocycles. The Bertz CT molecular complexity index is 1120. The lowest BCUT2D eigenvalue weighted by molar-refractivity contribution is 0.0716. The summed E-state index contributed by atoms with van der Waals surface area (Å²) in [7, 11) is 0. The molecule has 7 nitrogen and oxygen atoms in total. The zero-order valence-corrected chi connectivity index (χ0v) is 18.8. The number of anilines is 1. The minimum atomic E-state index is -0.259. The summed E-state index contributed by atoms with van der Waals surface area (Å²) in [5.41, 5.74) is 1.68. The summed E-state index contributed by atoms with van der Waals surface area (Å²) in [6.07, 6.45) is 4.81. The van der Waals surface area contributed by atoms with Crippen molar-refractivity contribution in [3.63, 3.8) is 0 Å². The van der Waals surface area contributed by atoms with Crippen molar-refractivity contribution in [2.75, 3.05) is 37.7 Å². The Labute approximate surface area is 192 Å². The van der Waals surface area contributed by atoms with E-state index in [9.17, 15) is 4.39 Å². The van der Waals surface area contributed by atoms with Crippen molar-refractivity contribution in [2.24, 2.45) is 5.92 Å². The lowest BCUT2D eigenvalue weighted by Crippen LogP contribution is -2.57. The molecule has 2 aromatic heterocycles. The van der Waals surface area contributed by atoms with Gasteiger partial charge in [0.2, 0.25) is 5.88 Å². The van der Waals surface area contributed by atoms with Gasteiger partial charge in [0.1, 0.15) is 5.82 Å². The molecule has 3 fully saturated rings. The number of hydrogen-bond acceptors (Lipinski definition) is 7. The van der Waals surface area contributed by atoms with E-state index in [2.05, 4.69) is 31.3 Å². The predicted octanol–water partition coefficient (Wildman–Crippen LogP) is 3.59. The average molecular weight is 452 g/mol. The van der Waals surface area contributed by atoms with E-state index in [-0.39, 0.29) is 5.82 Å². The topological polar surface area (TPSA) is 66.7 Å². The molecule has 1 aliphatic carbocycles. The van der Waals surface area contributed by atoms with Gasteiger partial charge in [-0.1, -0.05) is 11.2 Å². The van der Waals surface area contributed by atoms with Crippen LogP contribution in [0, 0.1) is 11.7 Å². The third-order valence-electron chi connectivity index (χ3n) is 7.12. The van der Waals surface area contributed by atoms with E-state index in [1.165, 1.54) is 25.0 Å². The Morgan fingerprint density at radius 2 is 2.03 bits per heavy atom. The smallest absolute Gasteiger partial charge is 0.213 e. The standard InChI is InChI=1S/C25H30FN5O2/c26-18-5-9-23-22(12-18)25(29-33-23)31-11-10-30-14-17(4-8-21(30)15-31)16-32-24-3-1-2-20(28-24)13-27-19-6-7-19/h1-3,5,9,12,17,19,21,27H,4,6-8,10-11,13-16H2/t17-,21-/m0/s1. The largest absolute Gasteiger partial charge is 0.477 e. The second kappa shape index (κ2) is 8.91. The van der Waals surface area contributed by atoms with Crippen LogP contribution in [0.5, 0.6) is 5.88 Å². The Hall–Kier alpha value is -2.71. The number of rotatable bonds is 7. The average Bonchev–Trinajstić information content (AvgIpc) is 3.59. The fraction of sp³-hybridized carbons (Fsp3) is 0.520. The Morgan fingerprint density at radius 1 is 1.09 bits per heavy atom. The van der Waals surface area contributed by atoms with Crippen LogP contribution in [0.3, 0.4) is 0 Å². The second-order valence-corrected chi connectivity index (χ2v) is 9.62. The molecular formula is C25H30FN5O2. The molecule has 0 amide bonds. The minimum Gasteiger partial charge on any atom is -0.477 e. The van der Waals surface area contributed by atoms with E-state index >= 15 is 0 Å². The van der Waals surface area contributed by atoms with E-state index in [1.54, 1.807) is 6.07 Å². The van der Waals surface area contributed by atoms with Crippen molar-refractivity contribution in [3.8, 4) is 5.88 Å². The van der Waals surface area contributed by atoms with Crippen molar-refractivity contribution >= 4 is 16.8 Å². The third kappa shape index (κ3) is 4.68. The highest BCUT2D eigenvalue weighted by atomic mass is 19.1. The number of hydrogen-bond donors (Lipinski definition) is 1. The summed E-state index contributed by atoms with van der Waals surface area (Å²) in [5, 5.41) is 8.51. The highest BCUT2D eigenvalue weighted by molar-refractivity contribution is 5.88. The van der Waals surface area contributed by atoms with Gasteiger partial charge >= 0.3 is 0 Å². The fourth-order valence-corrected chi connectivity index (χ4v) is 5.09. The third-order valence-corrected chi connectivity index (χ3v) is 7.12. The molecule has 8 heteroatoms. The van der Waals surface area contributed by atoms with Crippen LogP contribution in [0.15, 0.2) is 40.9 Å². The molecule has 1 N–H and O–H groups in total. The van der Waals surface area contributed by atoms with E-state index < -0.39 is 0 Å². The number of aromatic nitrogens is 2. The van der Waals surface area contributed by atoms with Crippen molar-refractivity contribution in [1.82, 2.24) is 20.4 Å². The molecule has 0 unspecified atom stereocenters. The molecule has 3 aromatic rings. The van der Waals surface area contributed by atoms with Crippen LogP contribution >= 0.6 is 0 Å². The quantitative estimate of drug-likeness (QED) is 0.589. The number of piperidine rings is 1. The maximum absolute atomic E-state index is 13.7. The first-order valence-corrected chi connectivity index (χ1v) is 12.1. The lowest BCUT2D eigenvalue weighted by atomic mass is 9.91. The number of piperazine rings is 1. The number of pyridine rings is 1. The fourth-order valence-electron chi connectivity index (χ4n) is 5.09. The van der Waals surface area contributed by atoms with Gasteiger partial charge in [0, 0.05) is 56.8 Å². The second-order valence-electron chi connectivity index (χ2n) is 9.62.